The van der Waals surface area contributed by atoms with Crippen LogP contribution in [0.1, 0.15) is 336 Å². The molecule has 0 heterocycles. The summed E-state index contributed by atoms with van der Waals surface area (Å²) in [5.74, 6) is -8.15. The molecule has 7 atom stereocenters. The lowest BCUT2D eigenvalue weighted by atomic mass is 9.94. The second-order valence-electron chi connectivity index (χ2n) is 24.6. The fourth-order valence-corrected chi connectivity index (χ4v) is 3.16. The van der Waals surface area contributed by atoms with E-state index in [1.807, 2.05) is 20.8 Å². The zero-order chi connectivity index (χ0) is 77.9. The van der Waals surface area contributed by atoms with Crippen LogP contribution in [-0.4, -0.2) is 55.8 Å². The van der Waals surface area contributed by atoms with Crippen molar-refractivity contribution in [2.45, 2.75) is 379 Å². The molecule has 20 heteroatoms. The van der Waals surface area contributed by atoms with Crippen LogP contribution in [0.15, 0.2) is 0 Å². The zero-order valence-electron chi connectivity index (χ0n) is 65.4. The highest BCUT2D eigenvalue weighted by molar-refractivity contribution is 4.62. The molecule has 0 amide bonds. The molecule has 0 aromatic rings. The summed E-state index contributed by atoms with van der Waals surface area (Å²) < 4.78 is 260. The number of hydrogen-bond donors (Lipinski definition) is 0. The van der Waals surface area contributed by atoms with E-state index in [9.17, 15) is 87.8 Å². The summed E-state index contributed by atoms with van der Waals surface area (Å²) in [5, 5.41) is 0. The van der Waals surface area contributed by atoms with E-state index in [4.69, 9.17) is 5.48 Å². The Morgan fingerprint density at radius 1 is 0.341 bits per heavy atom. The average molecular weight is 1340 g/mol. The molecule has 0 saturated heterocycles. The zero-order valence-corrected chi connectivity index (χ0v) is 61.4. The molecule has 0 radical (unpaired) electrons. The van der Waals surface area contributed by atoms with Gasteiger partial charge in [-0.1, -0.05) is 258 Å². The van der Waals surface area contributed by atoms with Crippen molar-refractivity contribution >= 4 is 0 Å². The predicted octanol–water partition coefficient (Wildman–Crippen LogP) is 31.1. The lowest BCUT2D eigenvalue weighted by molar-refractivity contribution is -0.171. The standard InChI is InChI=1S/2C6H11F3.2C6H14.2C5H9F3.3C5H10F2.C5H11F.2C5H12.C4H9F/c2*1-3-4-5(2)6(7,8)9;1-5-6(2,3)4;1-4-5-6(2)3;2*1-3-4(2)5(6,7)8;2*1-3-4-5(2,6)7;1-3-4(2)5(6)7;1-3-5(2)4-6;2*1-4-5(2)3;1-3-4(2)5/h2*5H,3-4H2,1-2H3;5H2,1-4H3;6H,4-5H2,1-3H3;2*4H,3H2,1-2H3;2*3-4H2,1-2H3;4-5H,3H2,1-2H3;5H,3-4H2,1-2H3;2*5H,4H2,1-3H3;4H,3H2,1-2H3/i3D2;;;;3D2;;;;;;;;. The monoisotopic (exact) mass is 1340 g/mol. The van der Waals surface area contributed by atoms with Crippen LogP contribution in [0.4, 0.5) is 87.8 Å². The van der Waals surface area contributed by atoms with E-state index < -0.39 is 97.9 Å². The van der Waals surface area contributed by atoms with Gasteiger partial charge in [-0.25, -0.2) is 30.7 Å². The van der Waals surface area contributed by atoms with Crippen LogP contribution in [0, 0.1) is 58.7 Å². The molecule has 0 aromatic carbocycles. The topological polar surface area (TPSA) is 0 Å². The lowest BCUT2D eigenvalue weighted by Crippen LogP contribution is -2.19. The van der Waals surface area contributed by atoms with E-state index in [0.717, 1.165) is 65.7 Å². The maximum absolute atomic E-state index is 11.8. The summed E-state index contributed by atoms with van der Waals surface area (Å²) in [5.41, 5.74) is 0.542. The fourth-order valence-electron chi connectivity index (χ4n) is 3.16. The number of rotatable bonds is 19. The Morgan fingerprint density at radius 3 is 0.636 bits per heavy atom. The van der Waals surface area contributed by atoms with Crippen molar-refractivity contribution in [1.82, 2.24) is 0 Å². The molecule has 88 heavy (non-hydrogen) atoms. The first-order chi connectivity index (χ1) is 40.5. The van der Waals surface area contributed by atoms with Gasteiger partial charge in [0, 0.05) is 24.2 Å². The second-order valence-corrected chi connectivity index (χ2v) is 24.6. The van der Waals surface area contributed by atoms with Crippen molar-refractivity contribution in [3.63, 3.8) is 0 Å². The van der Waals surface area contributed by atoms with Crippen molar-refractivity contribution in [2.24, 2.45) is 58.7 Å². The third-order valence-corrected chi connectivity index (χ3v) is 12.0. The van der Waals surface area contributed by atoms with E-state index >= 15 is 0 Å². The van der Waals surface area contributed by atoms with E-state index in [-0.39, 0.29) is 38.3 Å². The summed E-state index contributed by atoms with van der Waals surface area (Å²) in [6, 6.07) is 0. The molecule has 0 spiro atoms. The van der Waals surface area contributed by atoms with Crippen LogP contribution >= 0.6 is 0 Å². The summed E-state index contributed by atoms with van der Waals surface area (Å²) >= 11 is 0. The molecule has 0 fully saturated rings. The van der Waals surface area contributed by atoms with Crippen LogP contribution in [0.3, 0.4) is 0 Å². The van der Waals surface area contributed by atoms with Gasteiger partial charge in [-0.15, -0.1) is 0 Å². The molecule has 0 aliphatic rings. The van der Waals surface area contributed by atoms with E-state index in [0.29, 0.717) is 37.5 Å². The Kier molecular flexibility index (Phi) is 85.6. The number of alkyl halides is 20. The van der Waals surface area contributed by atoms with Gasteiger partial charge >= 0.3 is 24.7 Å². The minimum absolute atomic E-state index is 0.00694. The molecule has 554 valence electrons. The molecular weight excluding hydrogens is 1200 g/mol. The molecule has 7 unspecified atom stereocenters. The molecule has 0 aromatic heterocycles. The number of hydrogen-bond acceptors (Lipinski definition) is 0. The first-order valence-corrected chi connectivity index (χ1v) is 32.0. The van der Waals surface area contributed by atoms with Crippen LogP contribution in [-0.2, 0) is 0 Å². The van der Waals surface area contributed by atoms with Crippen molar-refractivity contribution in [3.8, 4) is 0 Å². The summed E-state index contributed by atoms with van der Waals surface area (Å²) in [6.45, 7) is 54.3. The Bertz CT molecular complexity index is 1340. The fraction of sp³-hybridized carbons (Fsp3) is 1.00. The van der Waals surface area contributed by atoms with Gasteiger partial charge in [0.15, 0.2) is 0 Å². The van der Waals surface area contributed by atoms with Crippen molar-refractivity contribution in [1.29, 1.82) is 0 Å². The summed E-state index contributed by atoms with van der Waals surface area (Å²) in [4.78, 5) is 0. The Labute approximate surface area is 536 Å². The quantitative estimate of drug-likeness (QED) is 0.113. The molecule has 0 saturated carbocycles. The van der Waals surface area contributed by atoms with Crippen molar-refractivity contribution < 1.29 is 93.3 Å². The minimum Gasteiger partial charge on any atom is -0.251 e. The molecule has 0 bridgehead atoms. The van der Waals surface area contributed by atoms with Crippen LogP contribution < -0.4 is 0 Å². The van der Waals surface area contributed by atoms with E-state index in [1.165, 1.54) is 52.9 Å². The third-order valence-electron chi connectivity index (χ3n) is 12.0. The molecule has 0 rings (SSSR count). The van der Waals surface area contributed by atoms with Gasteiger partial charge in [0.05, 0.1) is 36.5 Å². The van der Waals surface area contributed by atoms with Gasteiger partial charge in [0.1, 0.15) is 0 Å². The Balaban J connectivity index is -0.0000000673. The van der Waals surface area contributed by atoms with Crippen LogP contribution in [0.5, 0.6) is 0 Å². The molecule has 0 aliphatic carbocycles. The third kappa shape index (κ3) is 151. The van der Waals surface area contributed by atoms with Gasteiger partial charge in [-0.05, 0) is 88.3 Å². The largest absolute Gasteiger partial charge is 0.391 e. The highest BCUT2D eigenvalue weighted by atomic mass is 19.4. The smallest absolute Gasteiger partial charge is 0.251 e. The van der Waals surface area contributed by atoms with Gasteiger partial charge in [-0.2, -0.15) is 52.7 Å². The van der Waals surface area contributed by atoms with Crippen LogP contribution in [0.25, 0.3) is 0 Å². The Hall–Kier alpha value is -1.40. The molecule has 0 aliphatic heterocycles. The summed E-state index contributed by atoms with van der Waals surface area (Å²) in [6.07, 6.45) is -12.9. The van der Waals surface area contributed by atoms with Crippen LogP contribution in [0.2, 0.25) is 0 Å². The van der Waals surface area contributed by atoms with Crippen molar-refractivity contribution in [2.75, 3.05) is 6.67 Å². The summed E-state index contributed by atoms with van der Waals surface area (Å²) in [7, 11) is 0. The molecule has 0 N–H and O–H groups in total. The highest BCUT2D eigenvalue weighted by Gasteiger charge is 2.36. The number of halogens is 20. The van der Waals surface area contributed by atoms with E-state index in [1.54, 1.807) is 41.5 Å². The first kappa shape index (κ1) is 105. The maximum Gasteiger partial charge on any atom is 0.391 e. The normalized spacial score (nSPS) is 14.7. The predicted molar refractivity (Wildman–Crippen MR) is 344 cm³/mol. The first-order valence-electron chi connectivity index (χ1n) is 34.0. The average Bonchev–Trinajstić information content (AvgIpc) is 2.77. The van der Waals surface area contributed by atoms with Gasteiger partial charge in [-0.3, -0.25) is 4.39 Å². The minimum atomic E-state index is -4.43. The lowest BCUT2D eigenvalue weighted by Gasteiger charge is -2.13. The van der Waals surface area contributed by atoms with Gasteiger partial charge in [0.25, 0.3) is 0 Å². The maximum atomic E-state index is 11.8. The Morgan fingerprint density at radius 2 is 0.614 bits per heavy atom. The SMILES string of the molecule is CCC(C)(C)C.CCC(C)C.CCC(C)C.CCC(C)C(F)(F)F.CCC(C)C(F)F.CCC(C)CF.CCC(C)F.CCCC(C)(F)F.CCCC(C)(F)F.CCCC(C)C.CCCC(C)C(F)(F)F.[2H]C([2H])(C)C(C)C(F)(F)F.[2H]C([2H])(C)CC(C)C(F)(F)F. The highest BCUT2D eigenvalue weighted by Crippen LogP contribution is 2.31. The van der Waals surface area contributed by atoms with Crippen molar-refractivity contribution in [3.05, 3.63) is 0 Å². The van der Waals surface area contributed by atoms with Gasteiger partial charge < -0.3 is 0 Å². The second kappa shape index (κ2) is 71.4. The molecular formula is C68H142F20. The van der Waals surface area contributed by atoms with E-state index in [2.05, 4.69) is 90.0 Å². The van der Waals surface area contributed by atoms with Gasteiger partial charge in [0.2, 0.25) is 18.3 Å². The molecule has 0 nitrogen and oxygen atoms in total.